The molecule has 2 amide bonds. The van der Waals surface area contributed by atoms with Gasteiger partial charge in [-0.2, -0.15) is 0 Å². The number of ether oxygens (including phenoxy) is 4. The van der Waals surface area contributed by atoms with Gasteiger partial charge >= 0.3 is 6.03 Å². The maximum absolute atomic E-state index is 12.4. The lowest BCUT2D eigenvalue weighted by atomic mass is 10.2. The molecule has 0 saturated carbocycles. The number of benzene rings is 1. The molecule has 3 rings (SSSR count). The summed E-state index contributed by atoms with van der Waals surface area (Å²) in [5.41, 5.74) is 0.548. The summed E-state index contributed by atoms with van der Waals surface area (Å²) >= 11 is 3.39. The monoisotopic (exact) mass is 437 g/mol. The molecule has 1 aliphatic rings. The van der Waals surface area contributed by atoms with E-state index >= 15 is 0 Å². The molecule has 1 saturated heterocycles. The molecule has 0 radical (unpaired) electrons. The zero-order valence-corrected chi connectivity index (χ0v) is 16.8. The maximum Gasteiger partial charge on any atom is 0.322 e. The average Bonchev–Trinajstić information content (AvgIpc) is 2.64. The molecule has 2 aromatic rings. The first kappa shape index (κ1) is 19.1. The number of aromatic nitrogens is 1. The molecule has 144 valence electrons. The summed E-state index contributed by atoms with van der Waals surface area (Å²) in [4.78, 5) is 18.2. The highest BCUT2D eigenvalue weighted by Gasteiger charge is 2.33. The lowest BCUT2D eigenvalue weighted by Gasteiger charge is -2.38. The van der Waals surface area contributed by atoms with E-state index in [2.05, 4.69) is 26.2 Å². The number of pyridine rings is 1. The van der Waals surface area contributed by atoms with Crippen molar-refractivity contribution in [1.29, 1.82) is 0 Å². The largest absolute Gasteiger partial charge is 0.493 e. The van der Waals surface area contributed by atoms with Gasteiger partial charge < -0.3 is 29.2 Å². The molecule has 27 heavy (non-hydrogen) atoms. The highest BCUT2D eigenvalue weighted by atomic mass is 79.9. The zero-order valence-electron chi connectivity index (χ0n) is 15.2. The first-order valence-corrected chi connectivity index (χ1v) is 8.98. The molecule has 8 nitrogen and oxygen atoms in total. The van der Waals surface area contributed by atoms with Gasteiger partial charge in [-0.1, -0.05) is 0 Å². The Bertz CT molecular complexity index is 801. The van der Waals surface area contributed by atoms with Gasteiger partial charge in [0.05, 0.1) is 44.6 Å². The predicted octanol–water partition coefficient (Wildman–Crippen LogP) is 3.17. The summed E-state index contributed by atoms with van der Waals surface area (Å²) in [6.45, 7) is 0.943. The van der Waals surface area contributed by atoms with Crippen molar-refractivity contribution in [1.82, 2.24) is 9.88 Å². The summed E-state index contributed by atoms with van der Waals surface area (Å²) in [6.07, 6.45) is 1.56. The second-order valence-electron chi connectivity index (χ2n) is 5.78. The van der Waals surface area contributed by atoms with Crippen LogP contribution in [-0.2, 0) is 0 Å². The van der Waals surface area contributed by atoms with Gasteiger partial charge in [0, 0.05) is 18.3 Å². The Morgan fingerprint density at radius 1 is 1.19 bits per heavy atom. The molecule has 9 heteroatoms. The molecular weight excluding hydrogens is 418 g/mol. The molecule has 0 aliphatic carbocycles. The van der Waals surface area contributed by atoms with E-state index in [0.29, 0.717) is 41.9 Å². The number of nitrogens with zero attached hydrogens (tertiary/aromatic N) is 2. The third-order valence-electron chi connectivity index (χ3n) is 4.05. The van der Waals surface area contributed by atoms with Crippen molar-refractivity contribution in [3.8, 4) is 23.1 Å². The van der Waals surface area contributed by atoms with Crippen LogP contribution in [0.4, 0.5) is 10.5 Å². The lowest BCUT2D eigenvalue weighted by Crippen LogP contribution is -2.57. The molecule has 0 unspecified atom stereocenters. The molecule has 1 aliphatic heterocycles. The van der Waals surface area contributed by atoms with Crippen molar-refractivity contribution >= 4 is 27.6 Å². The van der Waals surface area contributed by atoms with Crippen LogP contribution >= 0.6 is 15.9 Å². The van der Waals surface area contributed by atoms with Crippen molar-refractivity contribution in [3.63, 3.8) is 0 Å². The Kier molecular flexibility index (Phi) is 5.90. The summed E-state index contributed by atoms with van der Waals surface area (Å²) in [6, 6.07) is 6.80. The van der Waals surface area contributed by atoms with Gasteiger partial charge in [-0.3, -0.25) is 0 Å². The van der Waals surface area contributed by atoms with E-state index in [9.17, 15) is 4.79 Å². The Hall–Kier alpha value is -2.68. The zero-order chi connectivity index (χ0) is 19.4. The Labute approximate surface area is 165 Å². The number of hydrogen-bond acceptors (Lipinski definition) is 6. The predicted molar refractivity (Wildman–Crippen MR) is 103 cm³/mol. The fourth-order valence-electron chi connectivity index (χ4n) is 2.65. The van der Waals surface area contributed by atoms with Crippen LogP contribution in [0.1, 0.15) is 0 Å². The van der Waals surface area contributed by atoms with E-state index in [1.165, 1.54) is 21.3 Å². The summed E-state index contributed by atoms with van der Waals surface area (Å²) in [7, 11) is 4.57. The van der Waals surface area contributed by atoms with Crippen molar-refractivity contribution in [3.05, 3.63) is 34.9 Å². The van der Waals surface area contributed by atoms with Crippen molar-refractivity contribution in [2.45, 2.75) is 6.10 Å². The quantitative estimate of drug-likeness (QED) is 0.747. The van der Waals surface area contributed by atoms with E-state index in [0.717, 1.165) is 4.47 Å². The fraction of sp³-hybridized carbons (Fsp3) is 0.333. The Morgan fingerprint density at radius 2 is 1.85 bits per heavy atom. The second-order valence-corrected chi connectivity index (χ2v) is 6.63. The molecular formula is C18H20BrN3O5. The SMILES string of the molecule is COc1cc(NC(=O)N2CC(Oc3ncccc3Br)C2)cc(OC)c1OC. The molecule has 1 fully saturated rings. The summed E-state index contributed by atoms with van der Waals surface area (Å²) in [5.74, 6) is 1.93. The van der Waals surface area contributed by atoms with Gasteiger partial charge in [-0.05, 0) is 28.1 Å². The van der Waals surface area contributed by atoms with Gasteiger partial charge in [-0.25, -0.2) is 9.78 Å². The lowest BCUT2D eigenvalue weighted by molar-refractivity contribution is 0.0455. The minimum absolute atomic E-state index is 0.0955. The maximum atomic E-state index is 12.4. The molecule has 2 heterocycles. The number of methoxy groups -OCH3 is 3. The third-order valence-corrected chi connectivity index (χ3v) is 4.66. The van der Waals surface area contributed by atoms with Crippen LogP contribution in [-0.4, -0.2) is 56.4 Å². The number of nitrogens with one attached hydrogen (secondary N) is 1. The van der Waals surface area contributed by atoms with Crippen molar-refractivity contribution in [2.75, 3.05) is 39.7 Å². The number of rotatable bonds is 6. The van der Waals surface area contributed by atoms with Gasteiger partial charge in [0.25, 0.3) is 0 Å². The molecule has 0 spiro atoms. The Balaban J connectivity index is 1.60. The smallest absolute Gasteiger partial charge is 0.322 e. The summed E-state index contributed by atoms with van der Waals surface area (Å²) in [5, 5.41) is 2.83. The van der Waals surface area contributed by atoms with Crippen LogP contribution in [0.3, 0.4) is 0 Å². The number of carbonyl (C=O) groups is 1. The minimum atomic E-state index is -0.232. The highest BCUT2D eigenvalue weighted by molar-refractivity contribution is 9.10. The highest BCUT2D eigenvalue weighted by Crippen LogP contribution is 2.40. The standard InChI is InChI=1S/C18H20BrN3O5/c1-24-14-7-11(8-15(25-2)16(14)26-3)21-18(23)22-9-12(10-22)27-17-13(19)5-4-6-20-17/h4-8,12H,9-10H2,1-3H3,(H,21,23). The minimum Gasteiger partial charge on any atom is -0.493 e. The van der Waals surface area contributed by atoms with Crippen LogP contribution in [0.2, 0.25) is 0 Å². The molecule has 1 aromatic heterocycles. The van der Waals surface area contributed by atoms with Gasteiger partial charge in [0.15, 0.2) is 11.5 Å². The topological polar surface area (TPSA) is 82.2 Å². The van der Waals surface area contributed by atoms with Crippen molar-refractivity contribution < 1.29 is 23.7 Å². The van der Waals surface area contributed by atoms with Gasteiger partial charge in [0.2, 0.25) is 11.6 Å². The van der Waals surface area contributed by atoms with Crippen LogP contribution in [0.25, 0.3) is 0 Å². The van der Waals surface area contributed by atoms with E-state index in [4.69, 9.17) is 18.9 Å². The Morgan fingerprint density at radius 3 is 2.41 bits per heavy atom. The number of anilines is 1. The van der Waals surface area contributed by atoms with Gasteiger partial charge in [0.1, 0.15) is 6.10 Å². The molecule has 1 N–H and O–H groups in total. The van der Waals surface area contributed by atoms with Gasteiger partial charge in [-0.15, -0.1) is 0 Å². The first-order valence-electron chi connectivity index (χ1n) is 8.18. The number of halogens is 1. The van der Waals surface area contributed by atoms with Crippen LogP contribution in [0.15, 0.2) is 34.9 Å². The normalized spacial score (nSPS) is 13.6. The van der Waals surface area contributed by atoms with E-state index in [1.54, 1.807) is 23.2 Å². The number of hydrogen-bond donors (Lipinski definition) is 1. The number of urea groups is 1. The average molecular weight is 438 g/mol. The van der Waals surface area contributed by atoms with E-state index < -0.39 is 0 Å². The van der Waals surface area contributed by atoms with E-state index in [1.807, 2.05) is 12.1 Å². The molecule has 0 bridgehead atoms. The number of likely N-dealkylation sites (tertiary alicyclic amines) is 1. The number of amides is 2. The van der Waals surface area contributed by atoms with Crippen LogP contribution < -0.4 is 24.3 Å². The van der Waals surface area contributed by atoms with Crippen LogP contribution in [0.5, 0.6) is 23.1 Å². The fourth-order valence-corrected chi connectivity index (χ4v) is 3.00. The molecule has 0 atom stereocenters. The summed E-state index contributed by atoms with van der Waals surface area (Å²) < 4.78 is 22.4. The number of carbonyl (C=O) groups excluding carboxylic acids is 1. The third kappa shape index (κ3) is 4.19. The first-order chi connectivity index (χ1) is 13.0. The van der Waals surface area contributed by atoms with Crippen molar-refractivity contribution in [2.24, 2.45) is 0 Å². The molecule has 1 aromatic carbocycles. The van der Waals surface area contributed by atoms with Crippen LogP contribution in [0, 0.1) is 0 Å². The second kappa shape index (κ2) is 8.34. The van der Waals surface area contributed by atoms with E-state index in [-0.39, 0.29) is 12.1 Å².